The normalized spacial score (nSPS) is 12.1. The van der Waals surface area contributed by atoms with E-state index in [-0.39, 0.29) is 12.7 Å². The van der Waals surface area contributed by atoms with E-state index >= 15 is 0 Å². The molecule has 6 nitrogen and oxygen atoms in total. The molecular formula is C26H17N3O3S. The fourth-order valence-corrected chi connectivity index (χ4v) is 4.52. The molecule has 1 N–H and O–H groups in total. The van der Waals surface area contributed by atoms with Gasteiger partial charge in [-0.15, -0.1) is 11.3 Å². The molecule has 33 heavy (non-hydrogen) atoms. The number of para-hydroxylation sites is 1. The van der Waals surface area contributed by atoms with Crippen LogP contribution in [0.25, 0.3) is 33.4 Å². The van der Waals surface area contributed by atoms with Gasteiger partial charge in [-0.05, 0) is 30.3 Å². The van der Waals surface area contributed by atoms with Gasteiger partial charge in [0.15, 0.2) is 16.6 Å². The minimum absolute atomic E-state index is 0.205. The van der Waals surface area contributed by atoms with Gasteiger partial charge in [-0.3, -0.25) is 10.1 Å². The van der Waals surface area contributed by atoms with E-state index in [0.29, 0.717) is 27.9 Å². The average molecular weight is 452 g/mol. The number of hydrogen-bond acceptors (Lipinski definition) is 6. The molecule has 1 aliphatic rings. The van der Waals surface area contributed by atoms with Gasteiger partial charge in [0.25, 0.3) is 5.91 Å². The van der Waals surface area contributed by atoms with Gasteiger partial charge in [0.2, 0.25) is 6.79 Å². The molecule has 0 fully saturated rings. The van der Waals surface area contributed by atoms with Crippen LogP contribution in [0.5, 0.6) is 11.5 Å². The first-order chi connectivity index (χ1) is 16.2. The molecule has 6 rings (SSSR count). The fraction of sp³-hybridized carbons (Fsp3) is 0.0385. The zero-order chi connectivity index (χ0) is 22.2. The Labute approximate surface area is 193 Å². The SMILES string of the molecule is O=C(Nc1nc(-c2ccccc2)cs1)c1cc(-c2ccc3c(c2)OCO3)nc2ccccc12. The van der Waals surface area contributed by atoms with Crippen molar-refractivity contribution < 1.29 is 14.3 Å². The predicted octanol–water partition coefficient (Wildman–Crippen LogP) is 6.01. The Balaban J connectivity index is 1.37. The molecular weight excluding hydrogens is 434 g/mol. The van der Waals surface area contributed by atoms with Gasteiger partial charge in [-0.1, -0.05) is 48.5 Å². The van der Waals surface area contributed by atoms with E-state index in [9.17, 15) is 4.79 Å². The van der Waals surface area contributed by atoms with Gasteiger partial charge < -0.3 is 9.47 Å². The quantitative estimate of drug-likeness (QED) is 0.362. The number of hydrogen-bond donors (Lipinski definition) is 1. The number of anilines is 1. The van der Waals surface area contributed by atoms with Crippen molar-refractivity contribution in [3.63, 3.8) is 0 Å². The number of carbonyl (C=O) groups is 1. The van der Waals surface area contributed by atoms with E-state index in [2.05, 4.69) is 10.3 Å². The van der Waals surface area contributed by atoms with Crippen molar-refractivity contribution in [2.75, 3.05) is 12.1 Å². The minimum Gasteiger partial charge on any atom is -0.454 e. The van der Waals surface area contributed by atoms with Crippen LogP contribution in [0.3, 0.4) is 0 Å². The highest BCUT2D eigenvalue weighted by atomic mass is 32.1. The molecule has 0 unspecified atom stereocenters. The van der Waals surface area contributed by atoms with Crippen molar-refractivity contribution in [2.24, 2.45) is 0 Å². The van der Waals surface area contributed by atoms with Crippen LogP contribution in [-0.4, -0.2) is 22.7 Å². The first-order valence-corrected chi connectivity index (χ1v) is 11.2. The molecule has 5 aromatic rings. The molecule has 2 aromatic heterocycles. The average Bonchev–Trinajstić information content (AvgIpc) is 3.53. The number of fused-ring (bicyclic) bond motifs is 2. The summed E-state index contributed by atoms with van der Waals surface area (Å²) in [7, 11) is 0. The van der Waals surface area contributed by atoms with Crippen LogP contribution in [0, 0.1) is 0 Å². The van der Waals surface area contributed by atoms with E-state index in [0.717, 1.165) is 27.7 Å². The smallest absolute Gasteiger partial charge is 0.258 e. The van der Waals surface area contributed by atoms with Gasteiger partial charge in [0.05, 0.1) is 22.5 Å². The molecule has 160 valence electrons. The van der Waals surface area contributed by atoms with Crippen LogP contribution in [0.15, 0.2) is 84.2 Å². The molecule has 0 bridgehead atoms. The Morgan fingerprint density at radius 3 is 2.55 bits per heavy atom. The molecule has 1 amide bonds. The molecule has 1 aliphatic heterocycles. The summed E-state index contributed by atoms with van der Waals surface area (Å²) in [5.41, 5.74) is 4.64. The van der Waals surface area contributed by atoms with E-state index < -0.39 is 0 Å². The third-order valence-corrected chi connectivity index (χ3v) is 6.18. The Bertz CT molecular complexity index is 1500. The summed E-state index contributed by atoms with van der Waals surface area (Å²) in [5, 5.41) is 6.22. The zero-order valence-electron chi connectivity index (χ0n) is 17.3. The van der Waals surface area contributed by atoms with Gasteiger partial charge in [-0.2, -0.15) is 0 Å². The van der Waals surface area contributed by atoms with Crippen LogP contribution in [0.1, 0.15) is 10.4 Å². The lowest BCUT2D eigenvalue weighted by molar-refractivity contribution is 0.102. The monoisotopic (exact) mass is 451 g/mol. The standard InChI is InChI=1S/C26H17N3O3S/c30-25(29-26-28-22(14-33-26)16-6-2-1-3-7-16)19-13-21(27-20-9-5-4-8-18(19)20)17-10-11-23-24(12-17)32-15-31-23/h1-14H,15H2,(H,28,29,30). The number of nitrogens with zero attached hydrogens (tertiary/aromatic N) is 2. The highest BCUT2D eigenvalue weighted by Crippen LogP contribution is 2.36. The van der Waals surface area contributed by atoms with Gasteiger partial charge >= 0.3 is 0 Å². The summed E-state index contributed by atoms with van der Waals surface area (Å²) in [6.45, 7) is 0.205. The van der Waals surface area contributed by atoms with E-state index in [1.165, 1.54) is 11.3 Å². The Morgan fingerprint density at radius 2 is 1.64 bits per heavy atom. The zero-order valence-corrected chi connectivity index (χ0v) is 18.1. The van der Waals surface area contributed by atoms with Gasteiger partial charge in [0, 0.05) is 21.9 Å². The van der Waals surface area contributed by atoms with Crippen molar-refractivity contribution in [1.82, 2.24) is 9.97 Å². The second-order valence-electron chi connectivity index (χ2n) is 7.50. The maximum atomic E-state index is 13.3. The largest absolute Gasteiger partial charge is 0.454 e. The lowest BCUT2D eigenvalue weighted by atomic mass is 10.0. The summed E-state index contributed by atoms with van der Waals surface area (Å²) < 4.78 is 10.9. The summed E-state index contributed by atoms with van der Waals surface area (Å²) in [4.78, 5) is 22.7. The molecule has 0 saturated heterocycles. The van der Waals surface area contributed by atoms with Crippen molar-refractivity contribution in [2.45, 2.75) is 0 Å². The maximum Gasteiger partial charge on any atom is 0.258 e. The summed E-state index contributed by atoms with van der Waals surface area (Å²) in [5.74, 6) is 1.14. The summed E-state index contributed by atoms with van der Waals surface area (Å²) >= 11 is 1.40. The second kappa shape index (κ2) is 8.03. The number of thiazole rings is 1. The van der Waals surface area contributed by atoms with Crippen molar-refractivity contribution in [3.05, 3.63) is 89.8 Å². The Morgan fingerprint density at radius 1 is 0.818 bits per heavy atom. The highest BCUT2D eigenvalue weighted by molar-refractivity contribution is 7.14. The second-order valence-corrected chi connectivity index (χ2v) is 8.36. The van der Waals surface area contributed by atoms with Gasteiger partial charge in [-0.25, -0.2) is 9.97 Å². The Kier molecular flexibility index (Phi) is 4.74. The lowest BCUT2D eigenvalue weighted by Gasteiger charge is -2.10. The van der Waals surface area contributed by atoms with E-state index in [1.54, 1.807) is 6.07 Å². The predicted molar refractivity (Wildman–Crippen MR) is 129 cm³/mol. The number of carbonyl (C=O) groups excluding carboxylic acids is 1. The molecule has 0 saturated carbocycles. The highest BCUT2D eigenvalue weighted by Gasteiger charge is 2.18. The molecule has 0 aliphatic carbocycles. The molecule has 0 atom stereocenters. The number of rotatable bonds is 4. The van der Waals surface area contributed by atoms with Crippen LogP contribution in [0.2, 0.25) is 0 Å². The lowest BCUT2D eigenvalue weighted by Crippen LogP contribution is -2.13. The first kappa shape index (κ1) is 19.5. The van der Waals surface area contributed by atoms with Crippen molar-refractivity contribution in [1.29, 1.82) is 0 Å². The molecule has 0 spiro atoms. The topological polar surface area (TPSA) is 73.3 Å². The minimum atomic E-state index is -0.232. The number of aromatic nitrogens is 2. The van der Waals surface area contributed by atoms with Crippen LogP contribution in [0.4, 0.5) is 5.13 Å². The van der Waals surface area contributed by atoms with Crippen LogP contribution >= 0.6 is 11.3 Å². The van der Waals surface area contributed by atoms with Gasteiger partial charge in [0.1, 0.15) is 0 Å². The van der Waals surface area contributed by atoms with Crippen LogP contribution in [-0.2, 0) is 0 Å². The number of pyridine rings is 1. The van der Waals surface area contributed by atoms with Crippen molar-refractivity contribution in [3.8, 4) is 34.0 Å². The molecule has 3 aromatic carbocycles. The maximum absolute atomic E-state index is 13.3. The fourth-order valence-electron chi connectivity index (χ4n) is 3.80. The molecule has 7 heteroatoms. The third kappa shape index (κ3) is 3.68. The summed E-state index contributed by atoms with van der Waals surface area (Å²) in [6.07, 6.45) is 0. The molecule has 0 radical (unpaired) electrons. The number of ether oxygens (including phenoxy) is 2. The summed E-state index contributed by atoms with van der Waals surface area (Å²) in [6, 6.07) is 25.0. The first-order valence-electron chi connectivity index (χ1n) is 10.4. The van der Waals surface area contributed by atoms with Crippen LogP contribution < -0.4 is 14.8 Å². The van der Waals surface area contributed by atoms with E-state index in [4.69, 9.17) is 14.5 Å². The van der Waals surface area contributed by atoms with Crippen molar-refractivity contribution >= 4 is 33.3 Å². The molecule has 3 heterocycles. The number of benzene rings is 3. The van der Waals surface area contributed by atoms with E-state index in [1.807, 2.05) is 78.2 Å². The third-order valence-electron chi connectivity index (χ3n) is 5.42. The Hall–Kier alpha value is -4.23. The number of nitrogens with one attached hydrogen (secondary N) is 1. The number of amides is 1.